The molecule has 0 heterocycles. The monoisotopic (exact) mass is 401 g/mol. The molecule has 1 rings (SSSR count). The Hall–Kier alpha value is -0.190. The lowest BCUT2D eigenvalue weighted by atomic mass is 10.2. The van der Waals surface area contributed by atoms with Gasteiger partial charge in [0.2, 0.25) is 0 Å². The Morgan fingerprint density at radius 2 is 2.00 bits per heavy atom. The summed E-state index contributed by atoms with van der Waals surface area (Å²) in [5.41, 5.74) is 1.35. The normalized spacial score (nSPS) is 11.6. The van der Waals surface area contributed by atoms with E-state index in [-0.39, 0.29) is 10.9 Å². The summed E-state index contributed by atoms with van der Waals surface area (Å²) in [6.07, 6.45) is 0. The van der Waals surface area contributed by atoms with Crippen LogP contribution in [-0.2, 0) is 10.0 Å². The number of hydrogen-bond donors (Lipinski definition) is 3. The second kappa shape index (κ2) is 6.83. The van der Waals surface area contributed by atoms with Crippen LogP contribution in [0.2, 0.25) is 0 Å². The summed E-state index contributed by atoms with van der Waals surface area (Å²) < 4.78 is 26.6. The number of anilines is 2. The van der Waals surface area contributed by atoms with E-state index in [1.54, 1.807) is 19.2 Å². The van der Waals surface area contributed by atoms with Gasteiger partial charge in [-0.3, -0.25) is 0 Å². The van der Waals surface area contributed by atoms with Gasteiger partial charge >= 0.3 is 0 Å². The zero-order chi connectivity index (χ0) is 13.8. The Bertz CT molecular complexity index is 506. The molecule has 18 heavy (non-hydrogen) atoms. The molecule has 3 N–H and O–H groups in total. The van der Waals surface area contributed by atoms with Crippen LogP contribution in [0.25, 0.3) is 0 Å². The molecule has 0 bridgehead atoms. The maximum atomic E-state index is 12.1. The molecule has 0 aliphatic carbocycles. The van der Waals surface area contributed by atoms with Crippen LogP contribution in [0, 0.1) is 0 Å². The van der Waals surface area contributed by atoms with Crippen LogP contribution in [0.1, 0.15) is 13.8 Å². The highest BCUT2D eigenvalue weighted by Gasteiger charge is 2.19. The molecule has 0 radical (unpaired) electrons. The maximum absolute atomic E-state index is 12.1. The topological polar surface area (TPSA) is 70.2 Å². The summed E-state index contributed by atoms with van der Waals surface area (Å²) in [5, 5.41) is 6.06. The largest absolute Gasteiger partial charge is 0.388 e. The number of sulfonamides is 1. The van der Waals surface area contributed by atoms with E-state index in [0.29, 0.717) is 5.69 Å². The standard InChI is InChI=1S/C10H16IN3O2S2/c1-7(2)13-9-5-4-8(12-3)6-10(9)18(15,16)14-17-11/h4-7,12-14H,1-3H3. The first-order valence-corrected chi connectivity index (χ1v) is 10.1. The van der Waals surface area contributed by atoms with Gasteiger partial charge in [-0.25, -0.2) is 8.42 Å². The molecule has 0 spiro atoms. The summed E-state index contributed by atoms with van der Waals surface area (Å²) in [4.78, 5) is 0.243. The van der Waals surface area contributed by atoms with Crippen molar-refractivity contribution in [1.29, 1.82) is 0 Å². The van der Waals surface area contributed by atoms with E-state index in [4.69, 9.17) is 0 Å². The number of nitrogens with one attached hydrogen (secondary N) is 3. The first kappa shape index (κ1) is 15.9. The van der Waals surface area contributed by atoms with Gasteiger partial charge in [-0.2, -0.15) is 0 Å². The molecule has 0 aliphatic heterocycles. The van der Waals surface area contributed by atoms with E-state index in [2.05, 4.69) is 14.8 Å². The molecule has 0 fully saturated rings. The molecule has 0 saturated carbocycles. The van der Waals surface area contributed by atoms with E-state index in [0.717, 1.165) is 14.8 Å². The molecule has 1 aromatic rings. The van der Waals surface area contributed by atoms with Crippen LogP contribution in [0.15, 0.2) is 23.1 Å². The second-order valence-corrected chi connectivity index (χ2v) is 7.51. The van der Waals surface area contributed by atoms with Crippen LogP contribution in [-0.4, -0.2) is 21.5 Å². The Morgan fingerprint density at radius 3 is 2.50 bits per heavy atom. The van der Waals surface area contributed by atoms with Crippen molar-refractivity contribution in [3.05, 3.63) is 18.2 Å². The van der Waals surface area contributed by atoms with Gasteiger partial charge in [-0.05, 0) is 32.0 Å². The Balaban J connectivity index is 3.27. The molecule has 0 atom stereocenters. The van der Waals surface area contributed by atoms with Crippen LogP contribution < -0.4 is 14.8 Å². The van der Waals surface area contributed by atoms with Gasteiger partial charge in [0.1, 0.15) is 4.90 Å². The second-order valence-electron chi connectivity index (χ2n) is 3.92. The molecule has 5 nitrogen and oxygen atoms in total. The minimum Gasteiger partial charge on any atom is -0.388 e. The third kappa shape index (κ3) is 4.18. The fourth-order valence-corrected chi connectivity index (χ4v) is 4.94. The van der Waals surface area contributed by atoms with Crippen molar-refractivity contribution in [3.8, 4) is 0 Å². The third-order valence-corrected chi connectivity index (χ3v) is 5.81. The lowest BCUT2D eigenvalue weighted by Gasteiger charge is -2.16. The predicted octanol–water partition coefficient (Wildman–Crippen LogP) is 2.83. The third-order valence-electron chi connectivity index (χ3n) is 2.15. The van der Waals surface area contributed by atoms with Crippen LogP contribution in [0.4, 0.5) is 11.4 Å². The number of rotatable bonds is 6. The van der Waals surface area contributed by atoms with Gasteiger partial charge in [-0.15, -0.1) is 4.13 Å². The quantitative estimate of drug-likeness (QED) is 0.505. The molecule has 0 saturated heterocycles. The van der Waals surface area contributed by atoms with Crippen LogP contribution in [0.3, 0.4) is 0 Å². The van der Waals surface area contributed by atoms with Crippen molar-refractivity contribution in [3.63, 3.8) is 0 Å². The van der Waals surface area contributed by atoms with Crippen molar-refractivity contribution >= 4 is 51.7 Å². The molecule has 0 amide bonds. The summed E-state index contributed by atoms with van der Waals surface area (Å²) in [7, 11) is -0.736. The summed E-state index contributed by atoms with van der Waals surface area (Å²) in [6.45, 7) is 3.92. The molecule has 0 aliphatic rings. The summed E-state index contributed by atoms with van der Waals surface area (Å²) in [5.74, 6) is 0. The van der Waals surface area contributed by atoms with Crippen molar-refractivity contribution in [2.75, 3.05) is 17.7 Å². The predicted molar refractivity (Wildman–Crippen MR) is 86.7 cm³/mol. The van der Waals surface area contributed by atoms with Crippen LogP contribution >= 0.6 is 30.3 Å². The highest BCUT2D eigenvalue weighted by atomic mass is 127. The number of benzene rings is 1. The SMILES string of the molecule is CNc1ccc(NC(C)C)c(S(=O)(=O)NSI)c1. The molecular weight excluding hydrogens is 385 g/mol. The Kier molecular flexibility index (Phi) is 6.02. The minimum absolute atomic E-state index is 0.159. The molecule has 8 heteroatoms. The van der Waals surface area contributed by atoms with Crippen LogP contribution in [0.5, 0.6) is 0 Å². The van der Waals surface area contributed by atoms with Crippen molar-refractivity contribution in [2.24, 2.45) is 0 Å². The minimum atomic E-state index is -3.52. The van der Waals surface area contributed by atoms with E-state index in [1.807, 2.05) is 41.1 Å². The van der Waals surface area contributed by atoms with Gasteiger partial charge in [0.05, 0.1) is 5.69 Å². The number of hydrogen-bond acceptors (Lipinski definition) is 5. The maximum Gasteiger partial charge on any atom is 0.252 e. The summed E-state index contributed by atoms with van der Waals surface area (Å²) in [6, 6.07) is 5.37. The lowest BCUT2D eigenvalue weighted by Crippen LogP contribution is -2.19. The van der Waals surface area contributed by atoms with E-state index < -0.39 is 10.0 Å². The fourth-order valence-electron chi connectivity index (χ4n) is 1.42. The highest BCUT2D eigenvalue weighted by molar-refractivity contribution is 14.2. The van der Waals surface area contributed by atoms with Gasteiger partial charge in [0, 0.05) is 49.1 Å². The van der Waals surface area contributed by atoms with Crippen molar-refractivity contribution in [1.82, 2.24) is 4.13 Å². The molecule has 0 unspecified atom stereocenters. The molecular formula is C10H16IN3O2S2. The van der Waals surface area contributed by atoms with Gasteiger partial charge in [0.15, 0.2) is 0 Å². The van der Waals surface area contributed by atoms with E-state index in [9.17, 15) is 8.42 Å². The van der Waals surface area contributed by atoms with Gasteiger partial charge in [-0.1, -0.05) is 0 Å². The molecule has 102 valence electrons. The highest BCUT2D eigenvalue weighted by Crippen LogP contribution is 2.27. The first-order valence-electron chi connectivity index (χ1n) is 5.28. The average Bonchev–Trinajstić information content (AvgIpc) is 2.28. The Labute approximate surface area is 124 Å². The van der Waals surface area contributed by atoms with E-state index >= 15 is 0 Å². The summed E-state index contributed by atoms with van der Waals surface area (Å²) >= 11 is 1.88. The van der Waals surface area contributed by atoms with Crippen molar-refractivity contribution in [2.45, 2.75) is 24.8 Å². The zero-order valence-electron chi connectivity index (χ0n) is 10.3. The molecule has 1 aromatic carbocycles. The smallest absolute Gasteiger partial charge is 0.252 e. The zero-order valence-corrected chi connectivity index (χ0v) is 14.1. The fraction of sp³-hybridized carbons (Fsp3) is 0.400. The Morgan fingerprint density at radius 1 is 1.33 bits per heavy atom. The van der Waals surface area contributed by atoms with Gasteiger partial charge < -0.3 is 10.6 Å². The van der Waals surface area contributed by atoms with E-state index in [1.165, 1.54) is 0 Å². The lowest BCUT2D eigenvalue weighted by molar-refractivity contribution is 0.595. The first-order chi connectivity index (χ1) is 8.40. The number of halogens is 1. The molecule has 0 aromatic heterocycles. The van der Waals surface area contributed by atoms with Crippen molar-refractivity contribution < 1.29 is 8.42 Å². The average molecular weight is 401 g/mol. The van der Waals surface area contributed by atoms with Gasteiger partial charge in [0.25, 0.3) is 10.0 Å².